The number of rotatable bonds is 7. The number of nitrogens with zero attached hydrogens (tertiary/aromatic N) is 3. The van der Waals surface area contributed by atoms with Crippen molar-refractivity contribution < 1.29 is 14.2 Å². The summed E-state index contributed by atoms with van der Waals surface area (Å²) in [5, 5.41) is 18.8. The van der Waals surface area contributed by atoms with Gasteiger partial charge in [0.25, 0.3) is 0 Å². The van der Waals surface area contributed by atoms with Crippen LogP contribution in [0, 0.1) is 16.7 Å². The first-order valence-corrected chi connectivity index (χ1v) is 11.0. The molecule has 0 spiro atoms. The fraction of sp³-hybridized carbons (Fsp3) is 0.217. The van der Waals surface area contributed by atoms with E-state index in [2.05, 4.69) is 16.0 Å². The molecule has 0 amide bonds. The van der Waals surface area contributed by atoms with Crippen LogP contribution in [0.5, 0.6) is 11.6 Å². The van der Waals surface area contributed by atoms with Crippen LogP contribution in [0.1, 0.15) is 34.9 Å². The summed E-state index contributed by atoms with van der Waals surface area (Å²) in [6.07, 6.45) is 3.90. The van der Waals surface area contributed by atoms with Crippen LogP contribution in [-0.4, -0.2) is 35.0 Å². The van der Waals surface area contributed by atoms with Crippen molar-refractivity contribution in [2.45, 2.75) is 18.8 Å². The number of aromatic nitrogens is 2. The summed E-state index contributed by atoms with van der Waals surface area (Å²) >= 11 is 12.3. The molecule has 1 saturated heterocycles. The molecular formula is C23H20Cl2N6O3. The Bertz CT molecular complexity index is 1250. The Labute approximate surface area is 205 Å². The van der Waals surface area contributed by atoms with E-state index < -0.39 is 6.23 Å². The Hall–Kier alpha value is -3.42. The molecule has 34 heavy (non-hydrogen) atoms. The van der Waals surface area contributed by atoms with E-state index >= 15 is 0 Å². The Morgan fingerprint density at radius 1 is 1.24 bits per heavy atom. The van der Waals surface area contributed by atoms with Gasteiger partial charge in [0, 0.05) is 47.4 Å². The van der Waals surface area contributed by atoms with Crippen molar-refractivity contribution in [2.75, 3.05) is 18.9 Å². The van der Waals surface area contributed by atoms with Crippen LogP contribution in [-0.2, 0) is 4.74 Å². The number of nitrogens with one attached hydrogen (secondary N) is 1. The van der Waals surface area contributed by atoms with E-state index in [4.69, 9.17) is 54.3 Å². The van der Waals surface area contributed by atoms with Gasteiger partial charge in [-0.2, -0.15) is 5.26 Å². The smallest absolute Gasteiger partial charge is 0.232 e. The first kappa shape index (κ1) is 23.7. The van der Waals surface area contributed by atoms with Crippen LogP contribution in [0.15, 0.2) is 42.9 Å². The molecule has 1 aliphatic heterocycles. The second kappa shape index (κ2) is 10.2. The molecule has 0 bridgehead atoms. The Morgan fingerprint density at radius 2 is 2.00 bits per heavy atom. The van der Waals surface area contributed by atoms with E-state index in [1.807, 2.05) is 0 Å². The van der Waals surface area contributed by atoms with Crippen molar-refractivity contribution in [2.24, 2.45) is 5.73 Å². The molecule has 0 unspecified atom stereocenters. The van der Waals surface area contributed by atoms with E-state index in [-0.39, 0.29) is 33.3 Å². The maximum absolute atomic E-state index is 9.56. The maximum Gasteiger partial charge on any atom is 0.232 e. The van der Waals surface area contributed by atoms with Gasteiger partial charge in [0.1, 0.15) is 23.5 Å². The number of hydrogen-bond acceptors (Lipinski definition) is 9. The molecule has 11 heteroatoms. The predicted octanol–water partition coefficient (Wildman–Crippen LogP) is 3.86. The van der Waals surface area contributed by atoms with Crippen LogP contribution in [0.4, 0.5) is 5.69 Å². The number of nitrogen functional groups attached to an aromatic ring is 1. The molecule has 1 fully saturated rings. The molecular weight excluding hydrogens is 479 g/mol. The van der Waals surface area contributed by atoms with Crippen LogP contribution < -0.4 is 20.9 Å². The largest absolute Gasteiger partial charge is 0.471 e. The average Bonchev–Trinajstić information content (AvgIpc) is 3.33. The fourth-order valence-electron chi connectivity index (χ4n) is 3.41. The highest BCUT2D eigenvalue weighted by Gasteiger charge is 2.21. The number of halogens is 2. The van der Waals surface area contributed by atoms with Crippen molar-refractivity contribution in [3.63, 3.8) is 0 Å². The van der Waals surface area contributed by atoms with Gasteiger partial charge in [-0.1, -0.05) is 23.2 Å². The summed E-state index contributed by atoms with van der Waals surface area (Å²) < 4.78 is 16.9. The Balaban J connectivity index is 1.58. The number of benzene rings is 1. The van der Waals surface area contributed by atoms with E-state index in [0.717, 1.165) is 6.42 Å². The number of nitrogens with two attached hydrogens (primary N) is 2. The SMILES string of the molecule is N#Cc1cc(C(=N)c2cc(O[C@H](N)c3c(Cl)cncc3Cl)ccc2N)cnc1O[C@@H]1CCOC1. The van der Waals surface area contributed by atoms with Gasteiger partial charge in [-0.15, -0.1) is 0 Å². The van der Waals surface area contributed by atoms with Gasteiger partial charge in [-0.3, -0.25) is 16.1 Å². The summed E-state index contributed by atoms with van der Waals surface area (Å²) in [6, 6.07) is 8.40. The van der Waals surface area contributed by atoms with Gasteiger partial charge in [-0.25, -0.2) is 4.98 Å². The highest BCUT2D eigenvalue weighted by molar-refractivity contribution is 6.35. The van der Waals surface area contributed by atoms with Gasteiger partial charge < -0.3 is 19.9 Å². The zero-order valence-electron chi connectivity index (χ0n) is 17.8. The zero-order chi connectivity index (χ0) is 24.2. The third-order valence-corrected chi connectivity index (χ3v) is 5.76. The van der Waals surface area contributed by atoms with Crippen molar-refractivity contribution in [3.8, 4) is 17.7 Å². The number of ether oxygens (including phenoxy) is 3. The van der Waals surface area contributed by atoms with Gasteiger partial charge >= 0.3 is 0 Å². The maximum atomic E-state index is 9.56. The lowest BCUT2D eigenvalue weighted by Crippen LogP contribution is -2.19. The summed E-state index contributed by atoms with van der Waals surface area (Å²) in [7, 11) is 0. The molecule has 174 valence electrons. The minimum absolute atomic E-state index is 0.0521. The third kappa shape index (κ3) is 5.05. The lowest BCUT2D eigenvalue weighted by atomic mass is 10.0. The second-order valence-electron chi connectivity index (χ2n) is 7.47. The van der Waals surface area contributed by atoms with Gasteiger partial charge in [0.15, 0.2) is 6.23 Å². The van der Waals surface area contributed by atoms with Crippen LogP contribution >= 0.6 is 23.2 Å². The highest BCUT2D eigenvalue weighted by atomic mass is 35.5. The molecule has 0 aliphatic carbocycles. The van der Waals surface area contributed by atoms with Crippen molar-refractivity contribution in [1.82, 2.24) is 9.97 Å². The number of anilines is 1. The lowest BCUT2D eigenvalue weighted by Gasteiger charge is -2.18. The van der Waals surface area contributed by atoms with E-state index in [1.54, 1.807) is 18.2 Å². The average molecular weight is 499 g/mol. The first-order valence-electron chi connectivity index (χ1n) is 10.2. The Kier molecular flexibility index (Phi) is 7.14. The standard InChI is InChI=1S/C23H20Cl2N6O3/c24-17-9-30-10-18(25)20(17)22(29)33-14-1-2-19(27)16(6-14)21(28)13-5-12(7-26)23(31-8-13)34-15-3-4-32-11-15/h1-2,5-6,8-10,15,22,28H,3-4,11,27,29H2/t15-,22+/m1/s1. The lowest BCUT2D eigenvalue weighted by molar-refractivity contribution is 0.138. The second-order valence-corrected chi connectivity index (χ2v) is 8.29. The molecule has 3 heterocycles. The Morgan fingerprint density at radius 3 is 2.68 bits per heavy atom. The molecule has 0 radical (unpaired) electrons. The topological polar surface area (TPSA) is 153 Å². The van der Waals surface area contributed by atoms with Gasteiger partial charge in [0.05, 0.1) is 29.0 Å². The molecule has 1 aliphatic rings. The van der Waals surface area contributed by atoms with Gasteiger partial charge in [-0.05, 0) is 24.3 Å². The number of hydrogen-bond donors (Lipinski definition) is 3. The summed E-state index contributed by atoms with van der Waals surface area (Å²) in [5.74, 6) is 0.553. The fourth-order valence-corrected chi connectivity index (χ4v) is 3.99. The summed E-state index contributed by atoms with van der Waals surface area (Å²) in [4.78, 5) is 8.15. The molecule has 0 saturated carbocycles. The van der Waals surface area contributed by atoms with E-state index in [1.165, 1.54) is 24.7 Å². The molecule has 5 N–H and O–H groups in total. The minimum atomic E-state index is -0.975. The summed E-state index contributed by atoms with van der Waals surface area (Å²) in [5.41, 5.74) is 14.0. The molecule has 4 rings (SSSR count). The van der Waals surface area contributed by atoms with E-state index in [9.17, 15) is 5.26 Å². The molecule has 2 aromatic heterocycles. The monoisotopic (exact) mass is 498 g/mol. The van der Waals surface area contributed by atoms with Crippen molar-refractivity contribution >= 4 is 34.6 Å². The van der Waals surface area contributed by atoms with Gasteiger partial charge in [0.2, 0.25) is 5.88 Å². The summed E-state index contributed by atoms with van der Waals surface area (Å²) in [6.45, 7) is 1.06. The molecule has 2 atom stereocenters. The van der Waals surface area contributed by atoms with E-state index in [0.29, 0.717) is 41.3 Å². The van der Waals surface area contributed by atoms with Crippen LogP contribution in [0.25, 0.3) is 0 Å². The molecule has 9 nitrogen and oxygen atoms in total. The quantitative estimate of drug-likeness (QED) is 0.252. The van der Waals surface area contributed by atoms with Crippen molar-refractivity contribution in [1.29, 1.82) is 10.7 Å². The van der Waals surface area contributed by atoms with Crippen LogP contribution in [0.3, 0.4) is 0 Å². The minimum Gasteiger partial charge on any atom is -0.471 e. The normalized spacial score (nSPS) is 16.0. The highest BCUT2D eigenvalue weighted by Crippen LogP contribution is 2.31. The third-order valence-electron chi connectivity index (χ3n) is 5.16. The number of nitriles is 1. The van der Waals surface area contributed by atoms with Crippen molar-refractivity contribution in [3.05, 3.63) is 75.2 Å². The van der Waals surface area contributed by atoms with Crippen LogP contribution in [0.2, 0.25) is 10.0 Å². The predicted molar refractivity (Wildman–Crippen MR) is 127 cm³/mol. The number of pyridine rings is 2. The zero-order valence-corrected chi connectivity index (χ0v) is 19.3. The molecule has 3 aromatic rings. The molecule has 1 aromatic carbocycles. The first-order chi connectivity index (χ1) is 16.4.